The van der Waals surface area contributed by atoms with E-state index >= 15 is 0 Å². The Morgan fingerprint density at radius 3 is 2.84 bits per heavy atom. The Bertz CT molecular complexity index is 462. The van der Waals surface area contributed by atoms with Gasteiger partial charge in [0, 0.05) is 12.6 Å². The van der Waals surface area contributed by atoms with E-state index in [1.165, 1.54) is 5.56 Å². The van der Waals surface area contributed by atoms with E-state index in [-0.39, 0.29) is 11.6 Å². The minimum absolute atomic E-state index is 0.0879. The van der Waals surface area contributed by atoms with Crippen molar-refractivity contribution < 1.29 is 4.79 Å². The van der Waals surface area contributed by atoms with Gasteiger partial charge >= 0.3 is 6.03 Å². The Morgan fingerprint density at radius 2 is 2.11 bits per heavy atom. The fraction of sp³-hybridized carbons (Fsp3) is 0.533. The molecule has 3 N–H and O–H groups in total. The lowest BCUT2D eigenvalue weighted by Gasteiger charge is -2.51. The molecule has 2 bridgehead atoms. The minimum atomic E-state index is -0.389. The van der Waals surface area contributed by atoms with E-state index in [9.17, 15) is 4.79 Å². The molecule has 0 aliphatic carbocycles. The Morgan fingerprint density at radius 1 is 1.32 bits per heavy atom. The Kier molecular flexibility index (Phi) is 3.19. The Labute approximate surface area is 114 Å². The molecule has 4 heteroatoms. The van der Waals surface area contributed by atoms with Crippen LogP contribution in [0.15, 0.2) is 30.3 Å². The van der Waals surface area contributed by atoms with Crippen molar-refractivity contribution in [1.29, 1.82) is 0 Å². The summed E-state index contributed by atoms with van der Waals surface area (Å²) in [4.78, 5) is 13.7. The van der Waals surface area contributed by atoms with E-state index in [0.29, 0.717) is 6.04 Å². The minimum Gasteiger partial charge on any atom is -0.352 e. The number of hydrogen-bond donors (Lipinski definition) is 2. The SMILES string of the molecule is NC(=O)N[C@]12CCCN(C1)[C@H](c1ccccc1)CC2. The van der Waals surface area contributed by atoms with Gasteiger partial charge in [0.05, 0.1) is 5.54 Å². The van der Waals surface area contributed by atoms with Crippen molar-refractivity contribution in [2.24, 2.45) is 5.73 Å². The number of nitrogens with two attached hydrogens (primary N) is 1. The average molecular weight is 259 g/mol. The van der Waals surface area contributed by atoms with Gasteiger partial charge in [0.1, 0.15) is 0 Å². The molecule has 3 rings (SSSR count). The van der Waals surface area contributed by atoms with Crippen molar-refractivity contribution in [3.8, 4) is 0 Å². The molecule has 2 saturated heterocycles. The summed E-state index contributed by atoms with van der Waals surface area (Å²) >= 11 is 0. The topological polar surface area (TPSA) is 58.4 Å². The van der Waals surface area contributed by atoms with Gasteiger partial charge in [-0.1, -0.05) is 30.3 Å². The summed E-state index contributed by atoms with van der Waals surface area (Å²) in [5, 5.41) is 3.00. The average Bonchev–Trinajstić information content (AvgIpc) is 2.39. The number of nitrogens with zero attached hydrogens (tertiary/aromatic N) is 1. The molecule has 2 heterocycles. The molecule has 2 amide bonds. The van der Waals surface area contributed by atoms with Crippen molar-refractivity contribution >= 4 is 6.03 Å². The second kappa shape index (κ2) is 4.85. The van der Waals surface area contributed by atoms with Gasteiger partial charge in [-0.05, 0) is 37.8 Å². The number of urea groups is 1. The van der Waals surface area contributed by atoms with E-state index < -0.39 is 0 Å². The molecule has 102 valence electrons. The van der Waals surface area contributed by atoms with Gasteiger partial charge in [-0.15, -0.1) is 0 Å². The van der Waals surface area contributed by atoms with E-state index in [4.69, 9.17) is 5.73 Å². The number of primary amides is 1. The first-order valence-electron chi connectivity index (χ1n) is 7.05. The predicted octanol–water partition coefficient (Wildman–Crippen LogP) is 2.02. The highest BCUT2D eigenvalue weighted by Gasteiger charge is 2.43. The number of nitrogens with one attached hydrogen (secondary N) is 1. The van der Waals surface area contributed by atoms with Crippen molar-refractivity contribution in [1.82, 2.24) is 10.2 Å². The number of carbonyl (C=O) groups excluding carboxylic acids is 1. The molecular formula is C15H21N3O. The molecule has 1 aromatic carbocycles. The second-order valence-electron chi connectivity index (χ2n) is 5.81. The zero-order chi connectivity index (χ0) is 13.3. The van der Waals surface area contributed by atoms with E-state index in [1.54, 1.807) is 0 Å². The van der Waals surface area contributed by atoms with E-state index in [2.05, 4.69) is 40.5 Å². The number of carbonyl (C=O) groups is 1. The first-order chi connectivity index (χ1) is 9.19. The molecule has 1 unspecified atom stereocenters. The van der Waals surface area contributed by atoms with E-state index in [0.717, 1.165) is 38.8 Å². The van der Waals surface area contributed by atoms with Crippen LogP contribution in [-0.2, 0) is 0 Å². The molecule has 1 aromatic rings. The van der Waals surface area contributed by atoms with Crippen LogP contribution >= 0.6 is 0 Å². The molecule has 4 nitrogen and oxygen atoms in total. The lowest BCUT2D eigenvalue weighted by atomic mass is 9.77. The number of rotatable bonds is 2. The highest BCUT2D eigenvalue weighted by molar-refractivity contribution is 5.72. The number of fused-ring (bicyclic) bond motifs is 2. The van der Waals surface area contributed by atoms with Crippen molar-refractivity contribution in [2.75, 3.05) is 13.1 Å². The maximum atomic E-state index is 11.2. The van der Waals surface area contributed by atoms with Crippen LogP contribution in [0.1, 0.15) is 37.3 Å². The summed E-state index contributed by atoms with van der Waals surface area (Å²) in [5.74, 6) is 0. The monoisotopic (exact) mass is 259 g/mol. The Balaban J connectivity index is 1.79. The lowest BCUT2D eigenvalue weighted by molar-refractivity contribution is 0.0338. The summed E-state index contributed by atoms with van der Waals surface area (Å²) in [5.41, 5.74) is 6.63. The zero-order valence-corrected chi connectivity index (χ0v) is 11.1. The second-order valence-corrected chi connectivity index (χ2v) is 5.81. The zero-order valence-electron chi connectivity index (χ0n) is 11.1. The predicted molar refractivity (Wildman–Crippen MR) is 74.7 cm³/mol. The molecule has 0 saturated carbocycles. The van der Waals surface area contributed by atoms with Crippen LogP contribution in [0.3, 0.4) is 0 Å². The van der Waals surface area contributed by atoms with Gasteiger partial charge in [-0.2, -0.15) is 0 Å². The molecule has 0 radical (unpaired) electrons. The third-order valence-electron chi connectivity index (χ3n) is 4.52. The quantitative estimate of drug-likeness (QED) is 0.853. The van der Waals surface area contributed by atoms with Crippen LogP contribution in [0.4, 0.5) is 4.79 Å². The molecule has 2 fully saturated rings. The van der Waals surface area contributed by atoms with Crippen LogP contribution in [0.5, 0.6) is 0 Å². The fourth-order valence-corrected chi connectivity index (χ4v) is 3.71. The number of benzene rings is 1. The molecule has 3 atom stereocenters. The molecule has 0 spiro atoms. The molecule has 2 aliphatic heterocycles. The van der Waals surface area contributed by atoms with Crippen LogP contribution in [0.25, 0.3) is 0 Å². The molecule has 0 aromatic heterocycles. The van der Waals surface area contributed by atoms with Gasteiger partial charge in [0.25, 0.3) is 0 Å². The van der Waals surface area contributed by atoms with Gasteiger partial charge < -0.3 is 11.1 Å². The number of hydrogen-bond acceptors (Lipinski definition) is 2. The number of piperidine rings is 2. The summed E-state index contributed by atoms with van der Waals surface area (Å²) < 4.78 is 0. The molecular weight excluding hydrogens is 238 g/mol. The van der Waals surface area contributed by atoms with Crippen molar-refractivity contribution in [3.05, 3.63) is 35.9 Å². The standard InChI is InChI=1S/C15H21N3O/c16-14(19)17-15-8-4-10-18(11-15)13(7-9-15)12-5-2-1-3-6-12/h1-3,5-6,13H,4,7-11H2,(H3,16,17,19)/t13-,15-/m0/s1. The van der Waals surface area contributed by atoms with Gasteiger partial charge in [-0.25, -0.2) is 4.79 Å². The smallest absolute Gasteiger partial charge is 0.312 e. The third kappa shape index (κ3) is 2.45. The maximum absolute atomic E-state index is 11.2. The van der Waals surface area contributed by atoms with Crippen LogP contribution in [0, 0.1) is 0 Å². The maximum Gasteiger partial charge on any atom is 0.312 e. The largest absolute Gasteiger partial charge is 0.352 e. The summed E-state index contributed by atoms with van der Waals surface area (Å²) in [6.07, 6.45) is 4.29. The summed E-state index contributed by atoms with van der Waals surface area (Å²) in [7, 11) is 0. The third-order valence-corrected chi connectivity index (χ3v) is 4.52. The van der Waals surface area contributed by atoms with Gasteiger partial charge in [0.2, 0.25) is 0 Å². The van der Waals surface area contributed by atoms with Gasteiger partial charge in [-0.3, -0.25) is 4.90 Å². The van der Waals surface area contributed by atoms with Crippen LogP contribution in [0.2, 0.25) is 0 Å². The lowest BCUT2D eigenvalue weighted by Crippen LogP contribution is -2.62. The highest BCUT2D eigenvalue weighted by atomic mass is 16.2. The van der Waals surface area contributed by atoms with Crippen molar-refractivity contribution in [2.45, 2.75) is 37.3 Å². The summed E-state index contributed by atoms with van der Waals surface area (Å²) in [6, 6.07) is 10.8. The molecule has 2 aliphatic rings. The van der Waals surface area contributed by atoms with Gasteiger partial charge in [0.15, 0.2) is 0 Å². The normalized spacial score (nSPS) is 33.7. The first kappa shape index (κ1) is 12.5. The highest BCUT2D eigenvalue weighted by Crippen LogP contribution is 2.40. The van der Waals surface area contributed by atoms with Crippen LogP contribution < -0.4 is 11.1 Å². The number of amides is 2. The van der Waals surface area contributed by atoms with E-state index in [1.807, 2.05) is 0 Å². The molecule has 19 heavy (non-hydrogen) atoms. The summed E-state index contributed by atoms with van der Waals surface area (Å²) in [6.45, 7) is 2.04. The first-order valence-corrected chi connectivity index (χ1v) is 7.05. The van der Waals surface area contributed by atoms with Crippen molar-refractivity contribution in [3.63, 3.8) is 0 Å². The van der Waals surface area contributed by atoms with Crippen LogP contribution in [-0.4, -0.2) is 29.6 Å². The fourth-order valence-electron chi connectivity index (χ4n) is 3.71. The Hall–Kier alpha value is -1.55.